The molecule has 17 heavy (non-hydrogen) atoms. The van der Waals surface area contributed by atoms with Gasteiger partial charge in [-0.15, -0.1) is 0 Å². The van der Waals surface area contributed by atoms with Crippen LogP contribution >= 0.6 is 0 Å². The quantitative estimate of drug-likeness (QED) is 0.574. The van der Waals surface area contributed by atoms with Crippen molar-refractivity contribution in [3.63, 3.8) is 0 Å². The molecular formula is C13H22O4. The van der Waals surface area contributed by atoms with Crippen LogP contribution in [0.3, 0.4) is 0 Å². The van der Waals surface area contributed by atoms with Crippen molar-refractivity contribution >= 4 is 11.9 Å². The first-order valence-electron chi connectivity index (χ1n) is 5.68. The van der Waals surface area contributed by atoms with Gasteiger partial charge in [0, 0.05) is 11.6 Å². The molecule has 0 unspecified atom stereocenters. The maximum atomic E-state index is 10.2. The highest BCUT2D eigenvalue weighted by molar-refractivity contribution is 5.85. The van der Waals surface area contributed by atoms with Crippen LogP contribution < -0.4 is 0 Å². The third-order valence-electron chi connectivity index (χ3n) is 1.69. The van der Waals surface area contributed by atoms with E-state index in [9.17, 15) is 9.59 Å². The van der Waals surface area contributed by atoms with Gasteiger partial charge < -0.3 is 9.84 Å². The number of carboxylic acid groups (broad SMARTS) is 1. The number of carboxylic acids is 1. The summed E-state index contributed by atoms with van der Waals surface area (Å²) in [4.78, 5) is 20.4. The molecule has 0 aromatic rings. The maximum absolute atomic E-state index is 10.2. The van der Waals surface area contributed by atoms with E-state index in [-0.39, 0.29) is 5.97 Å². The van der Waals surface area contributed by atoms with Crippen LogP contribution in [0.25, 0.3) is 0 Å². The van der Waals surface area contributed by atoms with Gasteiger partial charge in [-0.25, -0.2) is 9.59 Å². The molecule has 0 bridgehead atoms. The van der Waals surface area contributed by atoms with Gasteiger partial charge >= 0.3 is 11.9 Å². The first-order valence-corrected chi connectivity index (χ1v) is 5.68. The molecule has 0 heterocycles. The zero-order valence-corrected chi connectivity index (χ0v) is 10.9. The standard InChI is InChI=1S/C7H12O2.C6H10O2/c1-3-4-5-6(2)7(8)9;1-3-5-8-6(7)4-2/h5H,3-4H2,1-2H3,(H,8,9);4H,2-3,5H2,1H3. The lowest BCUT2D eigenvalue weighted by molar-refractivity contribution is -0.137. The summed E-state index contributed by atoms with van der Waals surface area (Å²) >= 11 is 0. The Morgan fingerprint density at radius 3 is 2.24 bits per heavy atom. The molecule has 0 amide bonds. The molecule has 98 valence electrons. The minimum absolute atomic E-state index is 0.341. The van der Waals surface area contributed by atoms with Crippen LogP contribution in [0, 0.1) is 0 Å². The van der Waals surface area contributed by atoms with E-state index in [1.165, 1.54) is 0 Å². The van der Waals surface area contributed by atoms with Gasteiger partial charge in [-0.3, -0.25) is 0 Å². The van der Waals surface area contributed by atoms with Crippen LogP contribution in [0.2, 0.25) is 0 Å². The third kappa shape index (κ3) is 14.4. The molecule has 0 atom stereocenters. The van der Waals surface area contributed by atoms with Crippen molar-refractivity contribution in [3.8, 4) is 0 Å². The average molecular weight is 242 g/mol. The van der Waals surface area contributed by atoms with E-state index >= 15 is 0 Å². The van der Waals surface area contributed by atoms with Crippen molar-refractivity contribution in [1.29, 1.82) is 0 Å². The number of esters is 1. The van der Waals surface area contributed by atoms with Crippen LogP contribution in [0.5, 0.6) is 0 Å². The summed E-state index contributed by atoms with van der Waals surface area (Å²) < 4.78 is 4.58. The molecule has 0 aliphatic heterocycles. The molecular weight excluding hydrogens is 220 g/mol. The highest BCUT2D eigenvalue weighted by atomic mass is 16.5. The molecule has 0 fully saturated rings. The minimum atomic E-state index is -0.816. The average Bonchev–Trinajstić information content (AvgIpc) is 2.33. The summed E-state index contributed by atoms with van der Waals surface area (Å²) in [5, 5.41) is 8.34. The van der Waals surface area contributed by atoms with Gasteiger partial charge in [0.15, 0.2) is 0 Å². The summed E-state index contributed by atoms with van der Waals surface area (Å²) in [6.07, 6.45) is 5.63. The Kier molecular flexibility index (Phi) is 13.1. The van der Waals surface area contributed by atoms with Crippen molar-refractivity contribution < 1.29 is 19.4 Å². The fourth-order valence-electron chi connectivity index (χ4n) is 0.710. The smallest absolute Gasteiger partial charge is 0.330 e. The number of aliphatic carboxylic acids is 1. The number of hydrogen-bond acceptors (Lipinski definition) is 3. The topological polar surface area (TPSA) is 63.6 Å². The molecule has 4 nitrogen and oxygen atoms in total. The van der Waals surface area contributed by atoms with E-state index in [0.29, 0.717) is 12.2 Å². The second-order valence-electron chi connectivity index (χ2n) is 3.35. The Morgan fingerprint density at radius 2 is 1.88 bits per heavy atom. The van der Waals surface area contributed by atoms with Crippen LogP contribution in [-0.4, -0.2) is 23.7 Å². The van der Waals surface area contributed by atoms with Crippen molar-refractivity contribution in [2.75, 3.05) is 6.61 Å². The largest absolute Gasteiger partial charge is 0.478 e. The Balaban J connectivity index is 0. The first kappa shape index (κ1) is 17.8. The van der Waals surface area contributed by atoms with E-state index in [0.717, 1.165) is 25.3 Å². The lowest BCUT2D eigenvalue weighted by atomic mass is 10.2. The zero-order chi connectivity index (χ0) is 13.7. The van der Waals surface area contributed by atoms with Crippen LogP contribution in [0.4, 0.5) is 0 Å². The molecule has 0 aromatic heterocycles. The monoisotopic (exact) mass is 242 g/mol. The van der Waals surface area contributed by atoms with Crippen molar-refractivity contribution in [2.24, 2.45) is 0 Å². The van der Waals surface area contributed by atoms with E-state index in [1.807, 2.05) is 13.8 Å². The van der Waals surface area contributed by atoms with E-state index in [1.54, 1.807) is 13.0 Å². The van der Waals surface area contributed by atoms with Crippen molar-refractivity contribution in [1.82, 2.24) is 0 Å². The Morgan fingerprint density at radius 1 is 1.29 bits per heavy atom. The number of carbonyl (C=O) groups is 2. The number of ether oxygens (including phenoxy) is 1. The summed E-state index contributed by atoms with van der Waals surface area (Å²) in [6, 6.07) is 0. The Labute approximate surface area is 103 Å². The fourth-order valence-corrected chi connectivity index (χ4v) is 0.710. The molecule has 0 saturated heterocycles. The number of unbranched alkanes of at least 4 members (excludes halogenated alkanes) is 1. The lowest BCUT2D eigenvalue weighted by Crippen LogP contribution is -1.99. The second-order valence-corrected chi connectivity index (χ2v) is 3.35. The van der Waals surface area contributed by atoms with Gasteiger partial charge in [-0.2, -0.15) is 0 Å². The molecule has 0 radical (unpaired) electrons. The maximum Gasteiger partial charge on any atom is 0.330 e. The van der Waals surface area contributed by atoms with Crippen molar-refractivity contribution in [3.05, 3.63) is 24.3 Å². The molecule has 0 aromatic carbocycles. The molecule has 0 aliphatic rings. The van der Waals surface area contributed by atoms with Gasteiger partial charge in [0.2, 0.25) is 0 Å². The molecule has 0 rings (SSSR count). The summed E-state index contributed by atoms with van der Waals surface area (Å²) in [7, 11) is 0. The van der Waals surface area contributed by atoms with E-state index in [2.05, 4.69) is 11.3 Å². The molecule has 0 saturated carbocycles. The summed E-state index contributed by atoms with van der Waals surface area (Å²) in [5.41, 5.74) is 0.442. The van der Waals surface area contributed by atoms with Gasteiger partial charge in [0.05, 0.1) is 6.61 Å². The Hall–Kier alpha value is -1.58. The van der Waals surface area contributed by atoms with Gasteiger partial charge in [-0.05, 0) is 19.8 Å². The highest BCUT2D eigenvalue weighted by Crippen LogP contribution is 1.96. The zero-order valence-electron chi connectivity index (χ0n) is 10.9. The predicted octanol–water partition coefficient (Wildman–Crippen LogP) is 2.94. The van der Waals surface area contributed by atoms with Crippen LogP contribution in [0.15, 0.2) is 24.3 Å². The van der Waals surface area contributed by atoms with Gasteiger partial charge in [0.1, 0.15) is 0 Å². The normalized spacial score (nSPS) is 9.94. The highest BCUT2D eigenvalue weighted by Gasteiger charge is 1.95. The number of allylic oxidation sites excluding steroid dienone is 1. The Bertz CT molecular complexity index is 267. The lowest BCUT2D eigenvalue weighted by Gasteiger charge is -1.94. The number of rotatable bonds is 6. The SMILES string of the molecule is C=CC(=O)OCCC.CCCC=C(C)C(=O)O. The van der Waals surface area contributed by atoms with E-state index in [4.69, 9.17) is 5.11 Å². The molecule has 4 heteroatoms. The number of hydrogen-bond donors (Lipinski definition) is 1. The van der Waals surface area contributed by atoms with Crippen molar-refractivity contribution in [2.45, 2.75) is 40.0 Å². The van der Waals surface area contributed by atoms with Gasteiger partial charge in [-0.1, -0.05) is 32.9 Å². The third-order valence-corrected chi connectivity index (χ3v) is 1.69. The second kappa shape index (κ2) is 12.5. The molecule has 0 aliphatic carbocycles. The van der Waals surface area contributed by atoms with Crippen LogP contribution in [0.1, 0.15) is 40.0 Å². The molecule has 0 spiro atoms. The summed E-state index contributed by atoms with van der Waals surface area (Å²) in [6.45, 7) is 9.30. The predicted molar refractivity (Wildman–Crippen MR) is 67.7 cm³/mol. The van der Waals surface area contributed by atoms with Crippen LogP contribution in [-0.2, 0) is 14.3 Å². The summed E-state index contributed by atoms with van der Waals surface area (Å²) in [5.74, 6) is -1.16. The first-order chi connectivity index (χ1) is 7.99. The fraction of sp³-hybridized carbons (Fsp3) is 0.538. The number of carbonyl (C=O) groups excluding carboxylic acids is 1. The van der Waals surface area contributed by atoms with E-state index < -0.39 is 5.97 Å². The van der Waals surface area contributed by atoms with Gasteiger partial charge in [0.25, 0.3) is 0 Å². The molecule has 1 N–H and O–H groups in total. The minimum Gasteiger partial charge on any atom is -0.478 e.